The van der Waals surface area contributed by atoms with Crippen molar-refractivity contribution in [1.82, 2.24) is 0 Å². The molecule has 7 nitrogen and oxygen atoms in total. The van der Waals surface area contributed by atoms with Gasteiger partial charge < -0.3 is 33.3 Å². The third-order valence-electron chi connectivity index (χ3n) is 5.40. The molecule has 0 saturated heterocycles. The molecule has 3 aromatic rings. The summed E-state index contributed by atoms with van der Waals surface area (Å²) in [6.45, 7) is 13.3. The Labute approximate surface area is 220 Å². The molecule has 3 atom stereocenters. The first-order chi connectivity index (χ1) is 17.9. The van der Waals surface area contributed by atoms with E-state index in [9.17, 15) is 0 Å². The molecule has 0 fully saturated rings. The van der Waals surface area contributed by atoms with Crippen molar-refractivity contribution in [3.8, 4) is 17.2 Å². The Morgan fingerprint density at radius 2 is 0.703 bits per heavy atom. The van der Waals surface area contributed by atoms with Crippen LogP contribution in [-0.2, 0) is 14.2 Å². The molecule has 200 valence electrons. The summed E-state index contributed by atoms with van der Waals surface area (Å²) in [5, 5.41) is 0. The van der Waals surface area contributed by atoms with E-state index in [1.165, 1.54) is 0 Å². The summed E-state index contributed by atoms with van der Waals surface area (Å²) in [6.07, 6.45) is -0.944. The lowest BCUT2D eigenvalue weighted by atomic mass is 10.2. The Kier molecular flexibility index (Phi) is 11.1. The lowest BCUT2D eigenvalue weighted by Gasteiger charge is -2.26. The van der Waals surface area contributed by atoms with E-state index in [1.54, 1.807) is 0 Å². The zero-order valence-electron chi connectivity index (χ0n) is 22.7. The minimum Gasteiger partial charge on any atom is -0.465 e. The minimum atomic E-state index is -0.315. The van der Waals surface area contributed by atoms with Gasteiger partial charge in [-0.05, 0) is 114 Å². The molecule has 0 aliphatic carbocycles. The smallest absolute Gasteiger partial charge is 0.196 e. The van der Waals surface area contributed by atoms with Crippen molar-refractivity contribution in [3.05, 3.63) is 72.8 Å². The highest BCUT2D eigenvalue weighted by Gasteiger charge is 2.15. The zero-order valence-corrected chi connectivity index (χ0v) is 22.7. The number of nitrogens with zero attached hydrogens (tertiary/aromatic N) is 1. The fraction of sp³-hybridized carbons (Fsp3) is 0.400. The molecule has 0 aliphatic heterocycles. The van der Waals surface area contributed by atoms with Crippen LogP contribution in [0.2, 0.25) is 0 Å². The molecule has 3 aromatic carbocycles. The summed E-state index contributed by atoms with van der Waals surface area (Å²) < 4.78 is 34.0. The molecule has 37 heavy (non-hydrogen) atoms. The first-order valence-electron chi connectivity index (χ1n) is 12.9. The van der Waals surface area contributed by atoms with Gasteiger partial charge in [0.1, 0.15) is 17.2 Å². The second-order valence-electron chi connectivity index (χ2n) is 8.24. The Balaban J connectivity index is 1.87. The fourth-order valence-electron chi connectivity index (χ4n) is 3.85. The molecule has 0 bridgehead atoms. The predicted molar refractivity (Wildman–Crippen MR) is 146 cm³/mol. The van der Waals surface area contributed by atoms with Crippen LogP contribution < -0.4 is 19.1 Å². The molecular formula is C30H39NO6. The normalized spacial score (nSPS) is 13.5. The van der Waals surface area contributed by atoms with E-state index in [0.717, 1.165) is 34.3 Å². The maximum Gasteiger partial charge on any atom is 0.196 e. The van der Waals surface area contributed by atoms with Gasteiger partial charge in [0, 0.05) is 36.9 Å². The standard InChI is InChI=1S/C30H39NO6/c1-7-32-22(4)35-28-16-10-25(11-17-28)31(26-12-18-29(19-13-26)36-23(5)33-8-2)27-14-20-30(21-15-27)37-24(6)34-9-3/h10-24H,7-9H2,1-6H3. The molecule has 0 aliphatic rings. The van der Waals surface area contributed by atoms with E-state index in [1.807, 2.05) is 114 Å². The lowest BCUT2D eigenvalue weighted by molar-refractivity contribution is -0.0616. The largest absolute Gasteiger partial charge is 0.465 e. The maximum atomic E-state index is 5.85. The Morgan fingerprint density at radius 3 is 0.919 bits per heavy atom. The number of anilines is 3. The first-order valence-corrected chi connectivity index (χ1v) is 12.9. The van der Waals surface area contributed by atoms with Crippen molar-refractivity contribution >= 4 is 17.1 Å². The van der Waals surface area contributed by atoms with E-state index in [0.29, 0.717) is 19.8 Å². The van der Waals surface area contributed by atoms with Gasteiger partial charge in [-0.1, -0.05) is 0 Å². The summed E-state index contributed by atoms with van der Waals surface area (Å²) in [6, 6.07) is 23.8. The van der Waals surface area contributed by atoms with Crippen molar-refractivity contribution in [2.24, 2.45) is 0 Å². The summed E-state index contributed by atoms with van der Waals surface area (Å²) in [5.41, 5.74) is 2.93. The van der Waals surface area contributed by atoms with Crippen molar-refractivity contribution < 1.29 is 28.4 Å². The van der Waals surface area contributed by atoms with Gasteiger partial charge in [0.05, 0.1) is 0 Å². The second kappa shape index (κ2) is 14.5. The fourth-order valence-corrected chi connectivity index (χ4v) is 3.85. The van der Waals surface area contributed by atoms with Gasteiger partial charge >= 0.3 is 0 Å². The van der Waals surface area contributed by atoms with Gasteiger partial charge in [0.2, 0.25) is 0 Å². The van der Waals surface area contributed by atoms with Gasteiger partial charge in [-0.3, -0.25) is 0 Å². The molecule has 0 amide bonds. The van der Waals surface area contributed by atoms with E-state index >= 15 is 0 Å². The zero-order chi connectivity index (χ0) is 26.6. The molecule has 0 heterocycles. The number of hydrogen-bond donors (Lipinski definition) is 0. The number of hydrogen-bond acceptors (Lipinski definition) is 7. The van der Waals surface area contributed by atoms with Crippen LogP contribution >= 0.6 is 0 Å². The van der Waals surface area contributed by atoms with Gasteiger partial charge in [-0.25, -0.2) is 0 Å². The van der Waals surface area contributed by atoms with Crippen LogP contribution in [-0.4, -0.2) is 38.7 Å². The molecule has 0 N–H and O–H groups in total. The number of rotatable bonds is 15. The average Bonchev–Trinajstić information content (AvgIpc) is 2.88. The van der Waals surface area contributed by atoms with Crippen LogP contribution in [0.1, 0.15) is 41.5 Å². The van der Waals surface area contributed by atoms with Gasteiger partial charge in [-0.15, -0.1) is 0 Å². The minimum absolute atomic E-state index is 0.315. The van der Waals surface area contributed by atoms with Crippen molar-refractivity contribution in [1.29, 1.82) is 0 Å². The van der Waals surface area contributed by atoms with Crippen LogP contribution in [0, 0.1) is 0 Å². The molecular weight excluding hydrogens is 470 g/mol. The molecule has 0 radical (unpaired) electrons. The van der Waals surface area contributed by atoms with Crippen LogP contribution in [0.5, 0.6) is 17.2 Å². The summed E-state index contributed by atoms with van der Waals surface area (Å²) in [7, 11) is 0. The van der Waals surface area contributed by atoms with Crippen molar-refractivity contribution in [3.63, 3.8) is 0 Å². The molecule has 3 unspecified atom stereocenters. The lowest BCUT2D eigenvalue weighted by Crippen LogP contribution is -2.16. The SMILES string of the molecule is CCOC(C)Oc1ccc(N(c2ccc(OC(C)OCC)cc2)c2ccc(OC(C)OCC)cc2)cc1. The summed E-state index contributed by atoms with van der Waals surface area (Å²) in [4.78, 5) is 2.15. The van der Waals surface area contributed by atoms with Crippen LogP contribution in [0.4, 0.5) is 17.1 Å². The third-order valence-corrected chi connectivity index (χ3v) is 5.40. The van der Waals surface area contributed by atoms with E-state index in [-0.39, 0.29) is 18.9 Å². The molecule has 0 spiro atoms. The number of ether oxygens (including phenoxy) is 6. The van der Waals surface area contributed by atoms with Gasteiger partial charge in [0.25, 0.3) is 0 Å². The Bertz CT molecular complexity index is 902. The third kappa shape index (κ3) is 8.67. The molecule has 0 aromatic heterocycles. The Morgan fingerprint density at radius 1 is 0.459 bits per heavy atom. The van der Waals surface area contributed by atoms with E-state index in [2.05, 4.69) is 4.90 Å². The van der Waals surface area contributed by atoms with E-state index < -0.39 is 0 Å². The molecule has 3 rings (SSSR count). The van der Waals surface area contributed by atoms with Crippen molar-refractivity contribution in [2.75, 3.05) is 24.7 Å². The van der Waals surface area contributed by atoms with Crippen LogP contribution in [0.25, 0.3) is 0 Å². The highest BCUT2D eigenvalue weighted by atomic mass is 16.7. The number of benzene rings is 3. The average molecular weight is 510 g/mol. The van der Waals surface area contributed by atoms with Crippen molar-refractivity contribution in [2.45, 2.75) is 60.4 Å². The van der Waals surface area contributed by atoms with Gasteiger partial charge in [-0.2, -0.15) is 0 Å². The predicted octanol–water partition coefficient (Wildman–Crippen LogP) is 7.44. The highest BCUT2D eigenvalue weighted by molar-refractivity contribution is 5.77. The van der Waals surface area contributed by atoms with Crippen LogP contribution in [0.3, 0.4) is 0 Å². The quantitative estimate of drug-likeness (QED) is 0.197. The van der Waals surface area contributed by atoms with Crippen LogP contribution in [0.15, 0.2) is 72.8 Å². The monoisotopic (exact) mass is 509 g/mol. The second-order valence-corrected chi connectivity index (χ2v) is 8.24. The van der Waals surface area contributed by atoms with Gasteiger partial charge in [0.15, 0.2) is 18.9 Å². The van der Waals surface area contributed by atoms with E-state index in [4.69, 9.17) is 28.4 Å². The first kappa shape index (κ1) is 28.3. The maximum absolute atomic E-state index is 5.85. The topological polar surface area (TPSA) is 58.6 Å². The Hall–Kier alpha value is -3.26. The molecule has 7 heteroatoms. The highest BCUT2D eigenvalue weighted by Crippen LogP contribution is 2.37. The summed E-state index contributed by atoms with van der Waals surface area (Å²) >= 11 is 0. The summed E-state index contributed by atoms with van der Waals surface area (Å²) in [5.74, 6) is 2.23. The molecule has 0 saturated carbocycles.